The van der Waals surface area contributed by atoms with E-state index in [0.717, 1.165) is 30.7 Å². The molecule has 0 saturated heterocycles. The Bertz CT molecular complexity index is 436. The second-order valence-electron chi connectivity index (χ2n) is 5.13. The van der Waals surface area contributed by atoms with E-state index in [2.05, 4.69) is 25.8 Å². The van der Waals surface area contributed by atoms with Crippen LogP contribution < -0.4 is 9.47 Å². The molecule has 0 aliphatic carbocycles. The highest BCUT2D eigenvalue weighted by Crippen LogP contribution is 2.38. The lowest BCUT2D eigenvalue weighted by atomic mass is 10.1. The average Bonchev–Trinajstić information content (AvgIpc) is 2.63. The van der Waals surface area contributed by atoms with Crippen LogP contribution in [0.15, 0.2) is 12.1 Å². The molecule has 0 saturated carbocycles. The molecule has 106 valence electrons. The minimum Gasteiger partial charge on any atom is -0.489 e. The number of fused-ring (bicyclic) bond motifs is 1. The van der Waals surface area contributed by atoms with E-state index in [1.165, 1.54) is 0 Å². The first-order chi connectivity index (χ1) is 9.11. The molecule has 1 aliphatic heterocycles. The number of ether oxygens (including phenoxy) is 2. The maximum Gasteiger partial charge on any atom is 0.179 e. The molecule has 0 spiro atoms. The fraction of sp³-hybridized carbons (Fsp3) is 0.600. The molecule has 1 heterocycles. The Morgan fingerprint density at radius 1 is 1.32 bits per heavy atom. The predicted octanol–water partition coefficient (Wildman–Crippen LogP) is 3.73. The van der Waals surface area contributed by atoms with Crippen molar-refractivity contribution in [3.63, 3.8) is 0 Å². The van der Waals surface area contributed by atoms with Gasteiger partial charge in [-0.2, -0.15) is 0 Å². The van der Waals surface area contributed by atoms with Crippen LogP contribution in [0.3, 0.4) is 0 Å². The van der Waals surface area contributed by atoms with Crippen molar-refractivity contribution in [1.29, 1.82) is 0 Å². The van der Waals surface area contributed by atoms with Crippen LogP contribution in [0.1, 0.15) is 32.3 Å². The molecular formula is C15H22ClNO2. The second kappa shape index (κ2) is 6.49. The lowest BCUT2D eigenvalue weighted by Gasteiger charge is -2.24. The molecule has 1 unspecified atom stereocenters. The molecule has 3 nitrogen and oxygen atoms in total. The molecule has 1 aromatic rings. The van der Waals surface area contributed by atoms with Gasteiger partial charge in [0.25, 0.3) is 0 Å². The fourth-order valence-corrected chi connectivity index (χ4v) is 2.42. The van der Waals surface area contributed by atoms with Gasteiger partial charge in [-0.15, -0.1) is 0 Å². The van der Waals surface area contributed by atoms with Crippen molar-refractivity contribution in [3.8, 4) is 11.5 Å². The highest BCUT2D eigenvalue weighted by Gasteiger charge is 2.17. The standard InChI is InChI=1S/C15H22ClNO2/c1-4-11(2)17(3)10-12-8-13(16)15-14(9-12)18-6-5-7-19-15/h8-9,11H,4-7,10H2,1-3H3. The van der Waals surface area contributed by atoms with E-state index in [0.29, 0.717) is 30.0 Å². The quantitative estimate of drug-likeness (QED) is 0.840. The van der Waals surface area contributed by atoms with Gasteiger partial charge in [-0.3, -0.25) is 4.90 Å². The topological polar surface area (TPSA) is 21.7 Å². The molecule has 4 heteroatoms. The molecule has 0 radical (unpaired) electrons. The first-order valence-electron chi connectivity index (χ1n) is 6.90. The Labute approximate surface area is 120 Å². The molecule has 0 N–H and O–H groups in total. The number of nitrogens with zero attached hydrogens (tertiary/aromatic N) is 1. The third-order valence-electron chi connectivity index (χ3n) is 3.64. The summed E-state index contributed by atoms with van der Waals surface area (Å²) in [7, 11) is 2.13. The van der Waals surface area contributed by atoms with E-state index in [9.17, 15) is 0 Å². The minimum absolute atomic E-state index is 0.551. The maximum absolute atomic E-state index is 6.29. The monoisotopic (exact) mass is 283 g/mol. The van der Waals surface area contributed by atoms with Gasteiger partial charge in [0.15, 0.2) is 11.5 Å². The van der Waals surface area contributed by atoms with Crippen LogP contribution in [0, 0.1) is 0 Å². The molecule has 19 heavy (non-hydrogen) atoms. The molecular weight excluding hydrogens is 262 g/mol. The van der Waals surface area contributed by atoms with Crippen LogP contribution in [-0.4, -0.2) is 31.2 Å². The largest absolute Gasteiger partial charge is 0.489 e. The summed E-state index contributed by atoms with van der Waals surface area (Å²) < 4.78 is 11.3. The van der Waals surface area contributed by atoms with E-state index < -0.39 is 0 Å². The van der Waals surface area contributed by atoms with E-state index in [1.807, 2.05) is 12.1 Å². The first kappa shape index (κ1) is 14.5. The molecule has 1 aromatic carbocycles. The van der Waals surface area contributed by atoms with Gasteiger partial charge in [-0.1, -0.05) is 18.5 Å². The van der Waals surface area contributed by atoms with E-state index in [-0.39, 0.29) is 0 Å². The third-order valence-corrected chi connectivity index (χ3v) is 3.92. The predicted molar refractivity (Wildman–Crippen MR) is 78.3 cm³/mol. The Morgan fingerprint density at radius 2 is 2.05 bits per heavy atom. The molecule has 0 amide bonds. The lowest BCUT2D eigenvalue weighted by molar-refractivity contribution is 0.243. The summed E-state index contributed by atoms with van der Waals surface area (Å²) in [6, 6.07) is 4.58. The van der Waals surface area contributed by atoms with Crippen LogP contribution >= 0.6 is 11.6 Å². The first-order valence-corrected chi connectivity index (χ1v) is 7.28. The zero-order chi connectivity index (χ0) is 13.8. The van der Waals surface area contributed by atoms with Gasteiger partial charge in [0.1, 0.15) is 0 Å². The summed E-state index contributed by atoms with van der Waals surface area (Å²) in [6.07, 6.45) is 2.03. The lowest BCUT2D eigenvalue weighted by Crippen LogP contribution is -2.27. The molecule has 2 rings (SSSR count). The number of hydrogen-bond donors (Lipinski definition) is 0. The normalized spacial score (nSPS) is 16.3. The SMILES string of the molecule is CCC(C)N(C)Cc1cc(Cl)c2c(c1)OCCCO2. The highest BCUT2D eigenvalue weighted by atomic mass is 35.5. The van der Waals surface area contributed by atoms with Gasteiger partial charge in [0.2, 0.25) is 0 Å². The number of hydrogen-bond acceptors (Lipinski definition) is 3. The van der Waals surface area contributed by atoms with Gasteiger partial charge in [-0.05, 0) is 38.1 Å². The molecule has 0 bridgehead atoms. The molecule has 1 aliphatic rings. The molecule has 0 fully saturated rings. The Morgan fingerprint density at radius 3 is 2.79 bits per heavy atom. The Hall–Kier alpha value is -0.930. The maximum atomic E-state index is 6.29. The number of benzene rings is 1. The Balaban J connectivity index is 2.19. The van der Waals surface area contributed by atoms with Crippen molar-refractivity contribution < 1.29 is 9.47 Å². The zero-order valence-electron chi connectivity index (χ0n) is 11.9. The summed E-state index contributed by atoms with van der Waals surface area (Å²) >= 11 is 6.29. The molecule has 1 atom stereocenters. The number of rotatable bonds is 4. The van der Waals surface area contributed by atoms with Crippen molar-refractivity contribution in [3.05, 3.63) is 22.7 Å². The van der Waals surface area contributed by atoms with Crippen molar-refractivity contribution in [1.82, 2.24) is 4.90 Å². The van der Waals surface area contributed by atoms with Crippen LogP contribution in [0.25, 0.3) is 0 Å². The van der Waals surface area contributed by atoms with Crippen LogP contribution in [0.4, 0.5) is 0 Å². The summed E-state index contributed by atoms with van der Waals surface area (Å²) in [6.45, 7) is 6.64. The highest BCUT2D eigenvalue weighted by molar-refractivity contribution is 6.32. The van der Waals surface area contributed by atoms with Crippen molar-refractivity contribution in [2.75, 3.05) is 20.3 Å². The van der Waals surface area contributed by atoms with Gasteiger partial charge < -0.3 is 9.47 Å². The fourth-order valence-electron chi connectivity index (χ4n) is 2.13. The summed E-state index contributed by atoms with van der Waals surface area (Å²) in [4.78, 5) is 2.32. The van der Waals surface area contributed by atoms with E-state index in [4.69, 9.17) is 21.1 Å². The van der Waals surface area contributed by atoms with Crippen molar-refractivity contribution in [2.45, 2.75) is 39.3 Å². The Kier molecular flexibility index (Phi) is 4.94. The summed E-state index contributed by atoms with van der Waals surface area (Å²) in [5, 5.41) is 0.645. The second-order valence-corrected chi connectivity index (χ2v) is 5.53. The van der Waals surface area contributed by atoms with Crippen molar-refractivity contribution >= 4 is 11.6 Å². The van der Waals surface area contributed by atoms with Crippen LogP contribution in [0.2, 0.25) is 5.02 Å². The van der Waals surface area contributed by atoms with Gasteiger partial charge in [-0.25, -0.2) is 0 Å². The zero-order valence-corrected chi connectivity index (χ0v) is 12.7. The number of halogens is 1. The van der Waals surface area contributed by atoms with Crippen LogP contribution in [0.5, 0.6) is 11.5 Å². The molecule has 0 aromatic heterocycles. The minimum atomic E-state index is 0.551. The summed E-state index contributed by atoms with van der Waals surface area (Å²) in [5.41, 5.74) is 1.16. The van der Waals surface area contributed by atoms with Gasteiger partial charge in [0.05, 0.1) is 18.2 Å². The van der Waals surface area contributed by atoms with E-state index >= 15 is 0 Å². The van der Waals surface area contributed by atoms with Crippen molar-refractivity contribution in [2.24, 2.45) is 0 Å². The van der Waals surface area contributed by atoms with Gasteiger partial charge >= 0.3 is 0 Å². The van der Waals surface area contributed by atoms with E-state index in [1.54, 1.807) is 0 Å². The van der Waals surface area contributed by atoms with Crippen LogP contribution in [-0.2, 0) is 6.54 Å². The smallest absolute Gasteiger partial charge is 0.179 e. The van der Waals surface area contributed by atoms with Gasteiger partial charge in [0, 0.05) is 19.0 Å². The third kappa shape index (κ3) is 3.54. The average molecular weight is 284 g/mol. The summed E-state index contributed by atoms with van der Waals surface area (Å²) in [5.74, 6) is 1.46.